The molecule has 1 aliphatic heterocycles. The highest BCUT2D eigenvalue weighted by Crippen LogP contribution is 2.33. The summed E-state index contributed by atoms with van der Waals surface area (Å²) in [6.07, 6.45) is 7.02. The zero-order chi connectivity index (χ0) is 23.2. The lowest BCUT2D eigenvalue weighted by Gasteiger charge is -2.34. The molecule has 170 valence electrons. The Morgan fingerprint density at radius 3 is 2.70 bits per heavy atom. The van der Waals surface area contributed by atoms with Crippen molar-refractivity contribution in [2.45, 2.75) is 13.8 Å². The Labute approximate surface area is 194 Å². The number of anilines is 3. The summed E-state index contributed by atoms with van der Waals surface area (Å²) >= 11 is 0. The van der Waals surface area contributed by atoms with Gasteiger partial charge in [0.2, 0.25) is 0 Å². The normalized spacial score (nSPS) is 14.0. The Bertz CT molecular complexity index is 1180. The first kappa shape index (κ1) is 22.4. The van der Waals surface area contributed by atoms with E-state index in [9.17, 15) is 4.79 Å². The minimum absolute atomic E-state index is 0.140. The summed E-state index contributed by atoms with van der Waals surface area (Å²) in [5.41, 5.74) is 2.88. The van der Waals surface area contributed by atoms with E-state index < -0.39 is 0 Å². The van der Waals surface area contributed by atoms with Gasteiger partial charge in [-0.25, -0.2) is 14.8 Å². The molecule has 33 heavy (non-hydrogen) atoms. The Kier molecular flexibility index (Phi) is 6.91. The number of urea groups is 1. The summed E-state index contributed by atoms with van der Waals surface area (Å²) in [4.78, 5) is 26.0. The fourth-order valence-corrected chi connectivity index (χ4v) is 3.84. The maximum Gasteiger partial charge on any atom is 0.322 e. The number of nitrogens with one attached hydrogen (secondary N) is 2. The van der Waals surface area contributed by atoms with E-state index >= 15 is 0 Å². The van der Waals surface area contributed by atoms with Crippen molar-refractivity contribution >= 4 is 34.1 Å². The molecule has 0 bridgehead atoms. The molecule has 4 rings (SSSR count). The van der Waals surface area contributed by atoms with Gasteiger partial charge in [-0.05, 0) is 37.7 Å². The molecule has 0 radical (unpaired) electrons. The average molecular weight is 445 g/mol. The van der Waals surface area contributed by atoms with Crippen LogP contribution >= 0.6 is 0 Å². The third-order valence-electron chi connectivity index (χ3n) is 5.68. The van der Waals surface area contributed by atoms with Gasteiger partial charge in [-0.2, -0.15) is 0 Å². The quantitative estimate of drug-likeness (QED) is 0.561. The first-order chi connectivity index (χ1) is 16.1. The van der Waals surface area contributed by atoms with Gasteiger partial charge in [0.25, 0.3) is 0 Å². The molecule has 0 saturated carbocycles. The standard InChI is InChI=1S/C25H28N6O2/c1-4-18-8-7-9-19(14-18)28-24-20-15-22(23(33-6-3)16-21(20)26-17-27-24)29-25(32)31-12-10-30(5-2)11-13-31/h1,7-9,14-17H,5-6,10-13H2,2-3H3,(H,29,32)(H,26,27,28). The highest BCUT2D eigenvalue weighted by Gasteiger charge is 2.22. The number of rotatable bonds is 6. The van der Waals surface area contributed by atoms with E-state index in [4.69, 9.17) is 11.2 Å². The van der Waals surface area contributed by atoms with E-state index in [2.05, 4.69) is 38.3 Å². The maximum atomic E-state index is 13.0. The molecule has 1 fully saturated rings. The van der Waals surface area contributed by atoms with Gasteiger partial charge in [0.15, 0.2) is 0 Å². The van der Waals surface area contributed by atoms with Gasteiger partial charge in [0.05, 0.1) is 17.8 Å². The van der Waals surface area contributed by atoms with E-state index in [1.165, 1.54) is 6.33 Å². The molecule has 3 aromatic rings. The molecule has 0 atom stereocenters. The average Bonchev–Trinajstić information content (AvgIpc) is 2.85. The third kappa shape index (κ3) is 5.16. The number of carbonyl (C=O) groups is 1. The summed E-state index contributed by atoms with van der Waals surface area (Å²) in [7, 11) is 0. The van der Waals surface area contributed by atoms with E-state index in [1.54, 1.807) is 0 Å². The lowest BCUT2D eigenvalue weighted by atomic mass is 10.1. The minimum atomic E-state index is -0.140. The summed E-state index contributed by atoms with van der Waals surface area (Å²) in [5.74, 6) is 3.82. The lowest BCUT2D eigenvalue weighted by molar-refractivity contribution is 0.151. The monoisotopic (exact) mass is 444 g/mol. The largest absolute Gasteiger partial charge is 0.492 e. The van der Waals surface area contributed by atoms with Crippen LogP contribution in [0.4, 0.5) is 22.0 Å². The molecule has 8 nitrogen and oxygen atoms in total. The molecule has 1 aliphatic rings. The Balaban J connectivity index is 1.63. The number of fused-ring (bicyclic) bond motifs is 1. The minimum Gasteiger partial charge on any atom is -0.492 e. The van der Waals surface area contributed by atoms with Crippen LogP contribution in [-0.2, 0) is 0 Å². The van der Waals surface area contributed by atoms with Crippen LogP contribution in [-0.4, -0.2) is 65.1 Å². The van der Waals surface area contributed by atoms with Crippen molar-refractivity contribution in [1.82, 2.24) is 19.8 Å². The van der Waals surface area contributed by atoms with E-state index in [0.717, 1.165) is 36.3 Å². The van der Waals surface area contributed by atoms with Gasteiger partial charge in [0, 0.05) is 48.9 Å². The maximum absolute atomic E-state index is 13.0. The van der Waals surface area contributed by atoms with Crippen LogP contribution in [0, 0.1) is 12.3 Å². The van der Waals surface area contributed by atoms with Crippen molar-refractivity contribution in [2.24, 2.45) is 0 Å². The summed E-state index contributed by atoms with van der Waals surface area (Å²) in [6.45, 7) is 8.64. The van der Waals surface area contributed by atoms with Crippen LogP contribution in [0.15, 0.2) is 42.7 Å². The number of nitrogens with zero attached hydrogens (tertiary/aromatic N) is 4. The van der Waals surface area contributed by atoms with Gasteiger partial charge in [-0.3, -0.25) is 0 Å². The molecular weight excluding hydrogens is 416 g/mol. The van der Waals surface area contributed by atoms with Crippen molar-refractivity contribution < 1.29 is 9.53 Å². The van der Waals surface area contributed by atoms with Crippen molar-refractivity contribution in [3.8, 4) is 18.1 Å². The molecule has 0 spiro atoms. The lowest BCUT2D eigenvalue weighted by Crippen LogP contribution is -2.49. The number of piperazine rings is 1. The van der Waals surface area contributed by atoms with Crippen LogP contribution in [0.2, 0.25) is 0 Å². The van der Waals surface area contributed by atoms with Crippen LogP contribution in [0.3, 0.4) is 0 Å². The number of benzene rings is 2. The smallest absolute Gasteiger partial charge is 0.322 e. The fraction of sp³-hybridized carbons (Fsp3) is 0.320. The van der Waals surface area contributed by atoms with Crippen molar-refractivity contribution in [2.75, 3.05) is 50.0 Å². The van der Waals surface area contributed by atoms with Crippen molar-refractivity contribution in [3.05, 3.63) is 48.3 Å². The number of terminal acetylenes is 1. The Morgan fingerprint density at radius 1 is 1.15 bits per heavy atom. The molecule has 0 unspecified atom stereocenters. The molecule has 1 aromatic heterocycles. The number of hydrogen-bond acceptors (Lipinski definition) is 6. The van der Waals surface area contributed by atoms with Crippen molar-refractivity contribution in [1.29, 1.82) is 0 Å². The van der Waals surface area contributed by atoms with Crippen LogP contribution < -0.4 is 15.4 Å². The second-order valence-corrected chi connectivity index (χ2v) is 7.72. The third-order valence-corrected chi connectivity index (χ3v) is 5.68. The molecule has 2 N–H and O–H groups in total. The summed E-state index contributed by atoms with van der Waals surface area (Å²) in [6, 6.07) is 11.1. The summed E-state index contributed by atoms with van der Waals surface area (Å²) < 4.78 is 5.81. The number of amides is 2. The van der Waals surface area contributed by atoms with Gasteiger partial charge in [-0.1, -0.05) is 18.9 Å². The number of carbonyl (C=O) groups excluding carboxylic acids is 1. The summed E-state index contributed by atoms with van der Waals surface area (Å²) in [5, 5.41) is 7.11. The van der Waals surface area contributed by atoms with Crippen LogP contribution in [0.25, 0.3) is 10.9 Å². The topological polar surface area (TPSA) is 82.6 Å². The molecule has 2 amide bonds. The number of aromatic nitrogens is 2. The first-order valence-corrected chi connectivity index (χ1v) is 11.1. The molecular formula is C25H28N6O2. The Hall–Kier alpha value is -3.83. The Morgan fingerprint density at radius 2 is 1.97 bits per heavy atom. The first-order valence-electron chi connectivity index (χ1n) is 11.1. The zero-order valence-electron chi connectivity index (χ0n) is 19.0. The van der Waals surface area contributed by atoms with Gasteiger partial charge < -0.3 is 25.2 Å². The number of likely N-dealkylation sites (N-methyl/N-ethyl adjacent to an activating group) is 1. The zero-order valence-corrected chi connectivity index (χ0v) is 19.0. The number of ether oxygens (including phenoxy) is 1. The van der Waals surface area contributed by atoms with Gasteiger partial charge in [0.1, 0.15) is 17.9 Å². The second-order valence-electron chi connectivity index (χ2n) is 7.72. The van der Waals surface area contributed by atoms with Crippen molar-refractivity contribution in [3.63, 3.8) is 0 Å². The van der Waals surface area contributed by atoms with E-state index in [1.807, 2.05) is 48.2 Å². The van der Waals surface area contributed by atoms with E-state index in [-0.39, 0.29) is 6.03 Å². The fourth-order valence-electron chi connectivity index (χ4n) is 3.84. The molecule has 0 aliphatic carbocycles. The molecule has 8 heteroatoms. The van der Waals surface area contributed by atoms with Gasteiger partial charge in [-0.15, -0.1) is 6.42 Å². The van der Waals surface area contributed by atoms with Gasteiger partial charge >= 0.3 is 6.03 Å². The highest BCUT2D eigenvalue weighted by atomic mass is 16.5. The molecule has 2 aromatic carbocycles. The predicted octanol–water partition coefficient (Wildman–Crippen LogP) is 3.92. The number of hydrogen-bond donors (Lipinski definition) is 2. The van der Waals surface area contributed by atoms with E-state index in [0.29, 0.717) is 42.5 Å². The molecule has 2 heterocycles. The SMILES string of the molecule is C#Cc1cccc(Nc2ncnc3cc(OCC)c(NC(=O)N4CCN(CC)CC4)cc23)c1. The van der Waals surface area contributed by atoms with Crippen LogP contribution in [0.5, 0.6) is 5.75 Å². The second kappa shape index (κ2) is 10.2. The molecule has 1 saturated heterocycles. The van der Waals surface area contributed by atoms with Crippen LogP contribution in [0.1, 0.15) is 19.4 Å². The highest BCUT2D eigenvalue weighted by molar-refractivity contribution is 5.99. The predicted molar refractivity (Wildman–Crippen MR) is 131 cm³/mol.